The lowest BCUT2D eigenvalue weighted by atomic mass is 9.84. The van der Waals surface area contributed by atoms with E-state index in [1.165, 1.54) is 39.3 Å². The van der Waals surface area contributed by atoms with Gasteiger partial charge in [-0.3, -0.25) is 0 Å². The van der Waals surface area contributed by atoms with E-state index >= 15 is 0 Å². The quantitative estimate of drug-likeness (QED) is 0.693. The molecule has 0 saturated carbocycles. The van der Waals surface area contributed by atoms with Crippen LogP contribution in [-0.4, -0.2) is 6.17 Å². The SMILES string of the molecule is Cc1ccc(C)c(N2C=C3N(c4ccccc4C3(C)C)[C@@H]2C)c1C. The molecule has 0 bridgehead atoms. The van der Waals surface area contributed by atoms with E-state index in [2.05, 4.69) is 93.9 Å². The molecule has 1 atom stereocenters. The van der Waals surface area contributed by atoms with Crippen LogP contribution in [0.15, 0.2) is 48.3 Å². The number of hydrogen-bond donors (Lipinski definition) is 0. The molecule has 4 rings (SSSR count). The fourth-order valence-corrected chi connectivity index (χ4v) is 4.36. The molecule has 2 aliphatic heterocycles. The van der Waals surface area contributed by atoms with Gasteiger partial charge in [0.2, 0.25) is 0 Å². The van der Waals surface area contributed by atoms with Crippen LogP contribution in [0.1, 0.15) is 43.0 Å². The summed E-state index contributed by atoms with van der Waals surface area (Å²) >= 11 is 0. The zero-order valence-corrected chi connectivity index (χ0v) is 15.5. The van der Waals surface area contributed by atoms with Gasteiger partial charge >= 0.3 is 0 Å². The van der Waals surface area contributed by atoms with E-state index in [1.807, 2.05) is 0 Å². The van der Waals surface area contributed by atoms with Crippen LogP contribution < -0.4 is 9.80 Å². The normalized spacial score (nSPS) is 20.9. The lowest BCUT2D eigenvalue weighted by Crippen LogP contribution is -2.37. The highest BCUT2D eigenvalue weighted by Crippen LogP contribution is 2.52. The van der Waals surface area contributed by atoms with Crippen LogP contribution in [0.3, 0.4) is 0 Å². The molecule has 0 radical (unpaired) electrons. The number of aryl methyl sites for hydroxylation is 2. The molecule has 2 aromatic rings. The van der Waals surface area contributed by atoms with Crippen LogP contribution in [0.2, 0.25) is 0 Å². The van der Waals surface area contributed by atoms with Gasteiger partial charge in [0.15, 0.2) is 0 Å². The standard InChI is InChI=1S/C22H26N2/c1-14-11-12-15(2)21(16(14)3)23-13-20-22(5,6)18-9-7-8-10-19(18)24(20)17(23)4/h7-13,17H,1-6H3/t17-/m1/s1. The highest BCUT2D eigenvalue weighted by Gasteiger charge is 2.47. The Morgan fingerprint density at radius 2 is 1.58 bits per heavy atom. The monoisotopic (exact) mass is 318 g/mol. The summed E-state index contributed by atoms with van der Waals surface area (Å²) in [6.45, 7) is 13.6. The zero-order chi connectivity index (χ0) is 17.2. The maximum atomic E-state index is 2.51. The van der Waals surface area contributed by atoms with Gasteiger partial charge < -0.3 is 9.80 Å². The van der Waals surface area contributed by atoms with Crippen molar-refractivity contribution in [2.24, 2.45) is 0 Å². The number of benzene rings is 2. The molecule has 0 aromatic heterocycles. The minimum absolute atomic E-state index is 0.0469. The van der Waals surface area contributed by atoms with Crippen molar-refractivity contribution in [3.63, 3.8) is 0 Å². The minimum atomic E-state index is 0.0469. The van der Waals surface area contributed by atoms with Gasteiger partial charge in [-0.1, -0.05) is 44.2 Å². The summed E-state index contributed by atoms with van der Waals surface area (Å²) < 4.78 is 0. The van der Waals surface area contributed by atoms with Crippen LogP contribution in [0, 0.1) is 20.8 Å². The van der Waals surface area contributed by atoms with Crippen LogP contribution in [0.5, 0.6) is 0 Å². The Labute approximate surface area is 145 Å². The Hall–Kier alpha value is -2.22. The smallest absolute Gasteiger partial charge is 0.107 e. The summed E-state index contributed by atoms with van der Waals surface area (Å²) in [6.07, 6.45) is 2.67. The molecule has 2 nitrogen and oxygen atoms in total. The summed E-state index contributed by atoms with van der Waals surface area (Å²) in [5.41, 5.74) is 9.67. The van der Waals surface area contributed by atoms with Crippen LogP contribution in [0.25, 0.3) is 0 Å². The molecule has 24 heavy (non-hydrogen) atoms. The van der Waals surface area contributed by atoms with Gasteiger partial charge in [0.25, 0.3) is 0 Å². The summed E-state index contributed by atoms with van der Waals surface area (Å²) in [5, 5.41) is 0. The van der Waals surface area contributed by atoms with Gasteiger partial charge in [-0.05, 0) is 56.0 Å². The Kier molecular flexibility index (Phi) is 3.12. The lowest BCUT2D eigenvalue weighted by Gasteiger charge is -2.32. The third kappa shape index (κ3) is 1.83. The summed E-state index contributed by atoms with van der Waals surface area (Å²) in [5.74, 6) is 0. The lowest BCUT2D eigenvalue weighted by molar-refractivity contribution is 0.630. The molecule has 0 aliphatic carbocycles. The highest BCUT2D eigenvalue weighted by atomic mass is 15.4. The van der Waals surface area contributed by atoms with Crippen molar-refractivity contribution in [3.8, 4) is 0 Å². The van der Waals surface area contributed by atoms with E-state index in [4.69, 9.17) is 0 Å². The fraction of sp³-hybridized carbons (Fsp3) is 0.364. The molecule has 2 aliphatic rings. The van der Waals surface area contributed by atoms with Crippen molar-refractivity contribution in [2.75, 3.05) is 9.80 Å². The first-order valence-electron chi connectivity index (χ1n) is 8.80. The Bertz CT molecular complexity index is 860. The van der Waals surface area contributed by atoms with Crippen molar-refractivity contribution in [1.82, 2.24) is 0 Å². The minimum Gasteiger partial charge on any atom is -0.325 e. The predicted molar refractivity (Wildman–Crippen MR) is 103 cm³/mol. The van der Waals surface area contributed by atoms with Crippen molar-refractivity contribution in [1.29, 1.82) is 0 Å². The molecular weight excluding hydrogens is 292 g/mol. The van der Waals surface area contributed by atoms with E-state index in [-0.39, 0.29) is 5.41 Å². The molecule has 0 amide bonds. The Morgan fingerprint density at radius 1 is 0.917 bits per heavy atom. The number of allylic oxidation sites excluding steroid dienone is 1. The predicted octanol–water partition coefficient (Wildman–Crippen LogP) is 5.42. The second kappa shape index (κ2) is 4.89. The molecule has 0 unspecified atom stereocenters. The van der Waals surface area contributed by atoms with Gasteiger partial charge in [0, 0.05) is 28.7 Å². The van der Waals surface area contributed by atoms with Gasteiger partial charge in [-0.2, -0.15) is 0 Å². The number of para-hydroxylation sites is 1. The van der Waals surface area contributed by atoms with Gasteiger partial charge in [0.05, 0.1) is 0 Å². The molecule has 2 aromatic carbocycles. The van der Waals surface area contributed by atoms with E-state index in [0.29, 0.717) is 6.17 Å². The number of rotatable bonds is 1. The molecule has 0 N–H and O–H groups in total. The molecular formula is C22H26N2. The van der Waals surface area contributed by atoms with Crippen LogP contribution in [0.4, 0.5) is 11.4 Å². The molecule has 0 saturated heterocycles. The number of nitrogens with zero attached hydrogens (tertiary/aromatic N) is 2. The number of hydrogen-bond acceptors (Lipinski definition) is 2. The first kappa shape index (κ1) is 15.3. The molecule has 0 spiro atoms. The topological polar surface area (TPSA) is 6.48 Å². The molecule has 0 fully saturated rings. The fourth-order valence-electron chi connectivity index (χ4n) is 4.36. The molecule has 2 heteroatoms. The average Bonchev–Trinajstić information content (AvgIpc) is 3.00. The van der Waals surface area contributed by atoms with E-state index in [0.717, 1.165) is 0 Å². The van der Waals surface area contributed by atoms with Crippen LogP contribution >= 0.6 is 0 Å². The maximum Gasteiger partial charge on any atom is 0.107 e. The second-order valence-electron chi connectivity index (χ2n) is 7.74. The molecule has 2 heterocycles. The van der Waals surface area contributed by atoms with Gasteiger partial charge in [-0.15, -0.1) is 0 Å². The second-order valence-corrected chi connectivity index (χ2v) is 7.74. The third-order valence-electron chi connectivity index (χ3n) is 5.94. The maximum absolute atomic E-state index is 2.51. The number of anilines is 2. The van der Waals surface area contributed by atoms with Crippen molar-refractivity contribution in [3.05, 3.63) is 70.5 Å². The first-order chi connectivity index (χ1) is 11.3. The summed E-state index contributed by atoms with van der Waals surface area (Å²) in [7, 11) is 0. The summed E-state index contributed by atoms with van der Waals surface area (Å²) in [4.78, 5) is 4.97. The summed E-state index contributed by atoms with van der Waals surface area (Å²) in [6, 6.07) is 13.3. The van der Waals surface area contributed by atoms with Crippen molar-refractivity contribution >= 4 is 11.4 Å². The van der Waals surface area contributed by atoms with E-state index < -0.39 is 0 Å². The largest absolute Gasteiger partial charge is 0.325 e. The van der Waals surface area contributed by atoms with Gasteiger partial charge in [-0.25, -0.2) is 0 Å². The van der Waals surface area contributed by atoms with E-state index in [1.54, 1.807) is 0 Å². The average molecular weight is 318 g/mol. The Morgan fingerprint density at radius 3 is 2.33 bits per heavy atom. The van der Waals surface area contributed by atoms with Gasteiger partial charge in [0.1, 0.15) is 6.17 Å². The zero-order valence-electron chi connectivity index (χ0n) is 15.5. The van der Waals surface area contributed by atoms with Crippen molar-refractivity contribution < 1.29 is 0 Å². The molecule has 124 valence electrons. The Balaban J connectivity index is 1.89. The van der Waals surface area contributed by atoms with Crippen LogP contribution in [-0.2, 0) is 5.41 Å². The number of fused-ring (bicyclic) bond motifs is 3. The first-order valence-corrected chi connectivity index (χ1v) is 8.80. The van der Waals surface area contributed by atoms with Crippen molar-refractivity contribution in [2.45, 2.75) is 53.1 Å². The third-order valence-corrected chi connectivity index (χ3v) is 5.94. The van der Waals surface area contributed by atoms with E-state index in [9.17, 15) is 0 Å². The highest BCUT2D eigenvalue weighted by molar-refractivity contribution is 5.77.